The summed E-state index contributed by atoms with van der Waals surface area (Å²) in [5.74, 6) is 1.34. The number of hydrogen-bond acceptors (Lipinski definition) is 9. The number of halogens is 1. The molecule has 42 heavy (non-hydrogen) atoms. The number of carbonyl (C=O) groups is 2. The van der Waals surface area contributed by atoms with Gasteiger partial charge in [0.15, 0.2) is 11.6 Å². The lowest BCUT2D eigenvalue weighted by molar-refractivity contribution is -0.123. The molecular weight excluding hydrogens is 588 g/mol. The van der Waals surface area contributed by atoms with Gasteiger partial charge in [-0.3, -0.25) is 14.5 Å². The number of nitrogens with zero attached hydrogens (tertiary/aromatic N) is 3. The zero-order valence-corrected chi connectivity index (χ0v) is 28.8. The zero-order chi connectivity index (χ0) is 29.6. The fourth-order valence-electron chi connectivity index (χ4n) is 5.64. The molecule has 3 saturated heterocycles. The number of carbonyl (C=O) groups excluding carboxylic acids is 2. The van der Waals surface area contributed by atoms with Crippen LogP contribution in [0.4, 0.5) is 0 Å². The van der Waals surface area contributed by atoms with Crippen molar-refractivity contribution in [1.29, 1.82) is 0 Å². The maximum Gasteiger partial charge on any atom is 0.156 e. The van der Waals surface area contributed by atoms with Crippen LogP contribution in [0.15, 0.2) is 10.8 Å². The van der Waals surface area contributed by atoms with Gasteiger partial charge in [-0.2, -0.15) is 0 Å². The maximum absolute atomic E-state index is 12.8. The van der Waals surface area contributed by atoms with Gasteiger partial charge in [-0.15, -0.1) is 35.1 Å². The number of likely N-dealkylation sites (tertiary alicyclic amines) is 1. The molecule has 236 valence electrons. The quantitative estimate of drug-likeness (QED) is 0.370. The van der Waals surface area contributed by atoms with Crippen molar-refractivity contribution in [3.8, 4) is 0 Å². The molecule has 7 nitrogen and oxygen atoms in total. The maximum atomic E-state index is 12.8. The highest BCUT2D eigenvalue weighted by atomic mass is 35.5. The summed E-state index contributed by atoms with van der Waals surface area (Å²) >= 11 is 3.24. The molecule has 10 heteroatoms. The van der Waals surface area contributed by atoms with Gasteiger partial charge >= 0.3 is 0 Å². The van der Waals surface area contributed by atoms with Crippen LogP contribution in [0.5, 0.6) is 0 Å². The minimum Gasteiger partial charge on any atom is -0.381 e. The van der Waals surface area contributed by atoms with E-state index in [0.717, 1.165) is 92.8 Å². The Balaban J connectivity index is 0.000000238. The van der Waals surface area contributed by atoms with Crippen LogP contribution < -0.4 is 5.32 Å². The predicted molar refractivity (Wildman–Crippen MR) is 175 cm³/mol. The predicted octanol–water partition coefficient (Wildman–Crippen LogP) is 6.17. The van der Waals surface area contributed by atoms with Crippen LogP contribution in [-0.2, 0) is 38.0 Å². The van der Waals surface area contributed by atoms with Crippen LogP contribution in [0.2, 0.25) is 0 Å². The summed E-state index contributed by atoms with van der Waals surface area (Å²) in [5, 5.41) is 9.35. The van der Waals surface area contributed by atoms with Crippen molar-refractivity contribution in [2.45, 2.75) is 116 Å². The van der Waals surface area contributed by atoms with Gasteiger partial charge < -0.3 is 10.1 Å². The third-order valence-electron chi connectivity index (χ3n) is 8.31. The molecule has 5 rings (SSSR count). The van der Waals surface area contributed by atoms with Gasteiger partial charge in [0.25, 0.3) is 0 Å². The molecule has 0 bridgehead atoms. The van der Waals surface area contributed by atoms with Gasteiger partial charge in [-0.05, 0) is 57.5 Å². The third kappa shape index (κ3) is 10.2. The van der Waals surface area contributed by atoms with Crippen molar-refractivity contribution >= 4 is 46.6 Å². The lowest BCUT2D eigenvalue weighted by Crippen LogP contribution is -2.40. The van der Waals surface area contributed by atoms with Crippen LogP contribution >= 0.6 is 35.1 Å². The van der Waals surface area contributed by atoms with Crippen LogP contribution in [0.1, 0.15) is 101 Å². The molecule has 2 atom stereocenters. The molecule has 1 N–H and O–H groups in total. The van der Waals surface area contributed by atoms with Gasteiger partial charge in [0.2, 0.25) is 0 Å². The second kappa shape index (κ2) is 15.7. The first kappa shape index (κ1) is 35.3. The van der Waals surface area contributed by atoms with Crippen molar-refractivity contribution < 1.29 is 14.3 Å². The van der Waals surface area contributed by atoms with Gasteiger partial charge in [0, 0.05) is 41.3 Å². The van der Waals surface area contributed by atoms with Crippen LogP contribution in [0, 0.1) is 5.92 Å². The fraction of sp³-hybridized carbons (Fsp3) is 0.750. The third-order valence-corrected chi connectivity index (χ3v) is 10.0. The molecule has 0 amide bonds. The lowest BCUT2D eigenvalue weighted by Gasteiger charge is -2.30. The minimum absolute atomic E-state index is 0. The van der Waals surface area contributed by atoms with E-state index in [2.05, 4.69) is 67.5 Å². The van der Waals surface area contributed by atoms with E-state index >= 15 is 0 Å². The number of thiazole rings is 2. The summed E-state index contributed by atoms with van der Waals surface area (Å²) in [5.41, 5.74) is 2.31. The molecule has 2 aromatic rings. The van der Waals surface area contributed by atoms with Crippen molar-refractivity contribution in [3.05, 3.63) is 32.2 Å². The molecule has 2 aromatic heterocycles. The summed E-state index contributed by atoms with van der Waals surface area (Å²) < 4.78 is 5.45. The highest BCUT2D eigenvalue weighted by Crippen LogP contribution is 2.28. The normalized spacial score (nSPS) is 22.0. The van der Waals surface area contributed by atoms with Crippen molar-refractivity contribution in [2.75, 3.05) is 32.8 Å². The Hall–Kier alpha value is -1.23. The first-order valence-corrected chi connectivity index (χ1v) is 17.2. The largest absolute Gasteiger partial charge is 0.381 e. The summed E-state index contributed by atoms with van der Waals surface area (Å²) in [6.07, 6.45) is 7.51. The first-order chi connectivity index (χ1) is 19.4. The van der Waals surface area contributed by atoms with Crippen LogP contribution in [-0.4, -0.2) is 71.4 Å². The fourth-order valence-corrected chi connectivity index (χ4v) is 7.70. The zero-order valence-electron chi connectivity index (χ0n) is 26.4. The average Bonchev–Trinajstić information content (AvgIpc) is 3.72. The molecule has 3 fully saturated rings. The SMILES string of the molecule is CC(C)(C)c1csc(CC(=O)[C@@H]2CCCN2)n1.CC(C)(C)c1csc(CC(=O)[C@@H]2CCCN2CC2CCOCC2)n1.Cl. The molecule has 3 aliphatic heterocycles. The molecule has 3 aliphatic rings. The summed E-state index contributed by atoms with van der Waals surface area (Å²) in [4.78, 5) is 36.5. The Morgan fingerprint density at radius 1 is 0.881 bits per heavy atom. The number of ketones is 2. The Morgan fingerprint density at radius 2 is 1.45 bits per heavy atom. The topological polar surface area (TPSA) is 84.4 Å². The number of Topliss-reactive ketones (excluding diaryl/α,β-unsaturated/α-hetero) is 2. The van der Waals surface area contributed by atoms with E-state index in [0.29, 0.717) is 24.5 Å². The monoisotopic (exact) mass is 638 g/mol. The molecule has 0 saturated carbocycles. The lowest BCUT2D eigenvalue weighted by atomic mass is 9.93. The smallest absolute Gasteiger partial charge is 0.156 e. The van der Waals surface area contributed by atoms with Gasteiger partial charge in [-0.25, -0.2) is 9.97 Å². The number of rotatable bonds is 8. The van der Waals surface area contributed by atoms with Crippen LogP contribution in [0.3, 0.4) is 0 Å². The van der Waals surface area contributed by atoms with E-state index in [1.807, 2.05) is 0 Å². The number of nitrogens with one attached hydrogen (secondary N) is 1. The van der Waals surface area contributed by atoms with Crippen LogP contribution in [0.25, 0.3) is 0 Å². The Kier molecular flexibility index (Phi) is 13.1. The van der Waals surface area contributed by atoms with Crippen molar-refractivity contribution in [1.82, 2.24) is 20.2 Å². The summed E-state index contributed by atoms with van der Waals surface area (Å²) in [6.45, 7) is 17.8. The highest BCUT2D eigenvalue weighted by Gasteiger charge is 2.33. The second-order valence-electron chi connectivity index (χ2n) is 13.9. The molecule has 0 radical (unpaired) electrons. The number of hydrogen-bond donors (Lipinski definition) is 1. The van der Waals surface area contributed by atoms with E-state index < -0.39 is 0 Å². The van der Waals surface area contributed by atoms with E-state index in [1.165, 1.54) is 0 Å². The molecule has 0 aromatic carbocycles. The van der Waals surface area contributed by atoms with Gasteiger partial charge in [0.05, 0.1) is 36.3 Å². The van der Waals surface area contributed by atoms with Gasteiger partial charge in [-0.1, -0.05) is 41.5 Å². The molecule has 0 aliphatic carbocycles. The average molecular weight is 639 g/mol. The highest BCUT2D eigenvalue weighted by molar-refractivity contribution is 7.10. The second-order valence-corrected chi connectivity index (χ2v) is 15.8. The van der Waals surface area contributed by atoms with E-state index in [4.69, 9.17) is 9.72 Å². The van der Waals surface area contributed by atoms with E-state index in [9.17, 15) is 9.59 Å². The molecule has 0 unspecified atom stereocenters. The first-order valence-electron chi connectivity index (χ1n) is 15.4. The van der Waals surface area contributed by atoms with Crippen molar-refractivity contribution in [3.63, 3.8) is 0 Å². The number of aromatic nitrogens is 2. The summed E-state index contributed by atoms with van der Waals surface area (Å²) in [6, 6.07) is 0.173. The molecule has 5 heterocycles. The van der Waals surface area contributed by atoms with Crippen molar-refractivity contribution in [2.24, 2.45) is 5.92 Å². The molecule has 0 spiro atoms. The Bertz CT molecular complexity index is 1140. The van der Waals surface area contributed by atoms with E-state index in [-0.39, 0.29) is 41.1 Å². The Morgan fingerprint density at radius 3 is 1.95 bits per heavy atom. The van der Waals surface area contributed by atoms with Gasteiger partial charge in [0.1, 0.15) is 10.0 Å². The van der Waals surface area contributed by atoms with E-state index in [1.54, 1.807) is 22.7 Å². The number of ether oxygens (including phenoxy) is 1. The Labute approximate surface area is 267 Å². The molecular formula is C32H51ClN4O3S2. The summed E-state index contributed by atoms with van der Waals surface area (Å²) in [7, 11) is 0. The standard InChI is InChI=1S/C19H30N2O2S.C13H20N2OS.ClH/c1-19(2,3)17-13-24-18(20-17)11-16(22)15-5-4-8-21(15)12-14-6-9-23-10-7-14;1-13(2,3)11-8-17-12(15-11)7-10(16)9-5-4-6-14-9;/h13-15H,4-12H2,1-3H3;8-9,14H,4-7H2,1-3H3;1H/t15-;9-;/m00./s1. The minimum atomic E-state index is 0.